The zero-order valence-electron chi connectivity index (χ0n) is 10.9. The number of furan rings is 1. The molecular formula is C15H12O5. The number of fused-ring (bicyclic) bond motifs is 2. The molecule has 0 saturated carbocycles. The number of carbonyl (C=O) groups excluding carboxylic acids is 1. The van der Waals surface area contributed by atoms with E-state index in [1.54, 1.807) is 12.1 Å². The lowest BCUT2D eigenvalue weighted by Crippen LogP contribution is -1.87. The molecule has 0 aliphatic rings. The molecule has 0 aliphatic carbocycles. The van der Waals surface area contributed by atoms with Crippen molar-refractivity contribution in [1.82, 2.24) is 0 Å². The number of ketones is 1. The van der Waals surface area contributed by atoms with Crippen LogP contribution < -0.4 is 4.74 Å². The summed E-state index contributed by atoms with van der Waals surface area (Å²) in [7, 11) is 1.46. The Morgan fingerprint density at radius 3 is 2.65 bits per heavy atom. The third kappa shape index (κ3) is 1.53. The van der Waals surface area contributed by atoms with Crippen LogP contribution in [0, 0.1) is 0 Å². The predicted octanol–water partition coefficient (Wildman–Crippen LogP) is 3.21. The summed E-state index contributed by atoms with van der Waals surface area (Å²) in [6, 6.07) is 6.25. The monoisotopic (exact) mass is 272 g/mol. The Hall–Kier alpha value is -2.69. The van der Waals surface area contributed by atoms with E-state index < -0.39 is 0 Å². The number of hydrogen-bond donors (Lipinski definition) is 2. The highest BCUT2D eigenvalue weighted by Crippen LogP contribution is 2.46. The van der Waals surface area contributed by atoms with Gasteiger partial charge in [0.25, 0.3) is 0 Å². The molecule has 0 unspecified atom stereocenters. The van der Waals surface area contributed by atoms with Crippen molar-refractivity contribution < 1.29 is 24.2 Å². The van der Waals surface area contributed by atoms with E-state index in [4.69, 9.17) is 9.15 Å². The van der Waals surface area contributed by atoms with Crippen LogP contribution in [0.15, 0.2) is 28.7 Å². The second kappa shape index (κ2) is 4.16. The number of phenols is 2. The van der Waals surface area contributed by atoms with Crippen LogP contribution in [0.2, 0.25) is 0 Å². The Morgan fingerprint density at radius 1 is 1.25 bits per heavy atom. The van der Waals surface area contributed by atoms with Crippen molar-refractivity contribution in [3.05, 3.63) is 30.0 Å². The fourth-order valence-corrected chi connectivity index (χ4v) is 2.35. The highest BCUT2D eigenvalue weighted by Gasteiger charge is 2.21. The molecular weight excluding hydrogens is 260 g/mol. The van der Waals surface area contributed by atoms with Crippen LogP contribution in [0.1, 0.15) is 17.5 Å². The maximum absolute atomic E-state index is 11.4. The molecule has 0 saturated heterocycles. The van der Waals surface area contributed by atoms with Crippen molar-refractivity contribution in [3.63, 3.8) is 0 Å². The van der Waals surface area contributed by atoms with Crippen molar-refractivity contribution in [2.45, 2.75) is 6.92 Å². The van der Waals surface area contributed by atoms with Crippen molar-refractivity contribution in [3.8, 4) is 17.2 Å². The summed E-state index contributed by atoms with van der Waals surface area (Å²) in [4.78, 5) is 11.4. The van der Waals surface area contributed by atoms with E-state index in [-0.39, 0.29) is 34.0 Å². The van der Waals surface area contributed by atoms with Crippen molar-refractivity contribution in [2.75, 3.05) is 7.11 Å². The second-order valence-electron chi connectivity index (χ2n) is 4.49. The van der Waals surface area contributed by atoms with Gasteiger partial charge in [0.1, 0.15) is 11.5 Å². The third-order valence-electron chi connectivity index (χ3n) is 3.27. The molecule has 5 nitrogen and oxygen atoms in total. The standard InChI is InChI=1S/C15H12O5/c1-7(16)11-6-9-13(18)12-8(4-3-5-10(12)17)14(19-2)15(9)20-11/h3-6,17-18H,1-2H3. The molecule has 3 rings (SSSR count). The average molecular weight is 272 g/mol. The lowest BCUT2D eigenvalue weighted by molar-refractivity contribution is 0.0989. The third-order valence-corrected chi connectivity index (χ3v) is 3.27. The Kier molecular flexibility index (Phi) is 2.57. The first-order chi connectivity index (χ1) is 9.54. The van der Waals surface area contributed by atoms with E-state index in [1.807, 2.05) is 0 Å². The summed E-state index contributed by atoms with van der Waals surface area (Å²) >= 11 is 0. The number of Topliss-reactive ketones (excluding diaryl/α,β-unsaturated/α-hetero) is 1. The van der Waals surface area contributed by atoms with Crippen molar-refractivity contribution >= 4 is 27.5 Å². The molecule has 2 aromatic carbocycles. The van der Waals surface area contributed by atoms with Gasteiger partial charge in [-0.2, -0.15) is 0 Å². The number of methoxy groups -OCH3 is 1. The van der Waals surface area contributed by atoms with Crippen LogP contribution in [-0.2, 0) is 0 Å². The van der Waals surface area contributed by atoms with Crippen LogP contribution in [0.4, 0.5) is 0 Å². The van der Waals surface area contributed by atoms with Gasteiger partial charge in [-0.25, -0.2) is 0 Å². The van der Waals surface area contributed by atoms with Gasteiger partial charge in [-0.3, -0.25) is 4.79 Å². The summed E-state index contributed by atoms with van der Waals surface area (Å²) in [5.41, 5.74) is 0.285. The smallest absolute Gasteiger partial charge is 0.194 e. The Labute approximate surface area is 114 Å². The average Bonchev–Trinajstić information content (AvgIpc) is 2.85. The van der Waals surface area contributed by atoms with Gasteiger partial charge in [0.05, 0.1) is 17.9 Å². The number of aromatic hydroxyl groups is 2. The highest BCUT2D eigenvalue weighted by atomic mass is 16.5. The predicted molar refractivity (Wildman–Crippen MR) is 73.6 cm³/mol. The number of rotatable bonds is 2. The molecule has 5 heteroatoms. The molecule has 0 bridgehead atoms. The van der Waals surface area contributed by atoms with Gasteiger partial charge in [0.15, 0.2) is 22.9 Å². The number of carbonyl (C=O) groups is 1. The normalized spacial score (nSPS) is 11.1. The van der Waals surface area contributed by atoms with E-state index in [9.17, 15) is 15.0 Å². The van der Waals surface area contributed by atoms with Crippen LogP contribution in [-0.4, -0.2) is 23.1 Å². The molecule has 0 radical (unpaired) electrons. The van der Waals surface area contributed by atoms with E-state index in [0.717, 1.165) is 0 Å². The number of phenolic OH excluding ortho intramolecular Hbond substituents is 2. The number of ether oxygens (including phenoxy) is 1. The molecule has 102 valence electrons. The van der Waals surface area contributed by atoms with E-state index in [0.29, 0.717) is 16.5 Å². The molecule has 3 aromatic rings. The van der Waals surface area contributed by atoms with Gasteiger partial charge in [-0.05, 0) is 12.1 Å². The fourth-order valence-electron chi connectivity index (χ4n) is 2.35. The lowest BCUT2D eigenvalue weighted by atomic mass is 10.0. The molecule has 0 fully saturated rings. The van der Waals surface area contributed by atoms with Gasteiger partial charge in [0, 0.05) is 12.3 Å². The first-order valence-corrected chi connectivity index (χ1v) is 5.99. The van der Waals surface area contributed by atoms with Gasteiger partial charge in [-0.15, -0.1) is 0 Å². The first kappa shape index (κ1) is 12.3. The minimum Gasteiger partial charge on any atom is -0.507 e. The first-order valence-electron chi connectivity index (χ1n) is 5.99. The fraction of sp³-hybridized carbons (Fsp3) is 0.133. The highest BCUT2D eigenvalue weighted by molar-refractivity contribution is 6.12. The molecule has 2 N–H and O–H groups in total. The Bertz CT molecular complexity index is 844. The van der Waals surface area contributed by atoms with Gasteiger partial charge >= 0.3 is 0 Å². The topological polar surface area (TPSA) is 79.9 Å². The molecule has 0 aliphatic heterocycles. The molecule has 1 heterocycles. The van der Waals surface area contributed by atoms with E-state index >= 15 is 0 Å². The summed E-state index contributed by atoms with van der Waals surface area (Å²) in [6.45, 7) is 1.37. The van der Waals surface area contributed by atoms with Crippen LogP contribution in [0.25, 0.3) is 21.7 Å². The zero-order valence-corrected chi connectivity index (χ0v) is 10.9. The zero-order chi connectivity index (χ0) is 14.4. The van der Waals surface area contributed by atoms with Crippen LogP contribution >= 0.6 is 0 Å². The quantitative estimate of drug-likeness (QED) is 0.700. The van der Waals surface area contributed by atoms with Crippen LogP contribution in [0.3, 0.4) is 0 Å². The molecule has 20 heavy (non-hydrogen) atoms. The van der Waals surface area contributed by atoms with Gasteiger partial charge in [0.2, 0.25) is 0 Å². The summed E-state index contributed by atoms with van der Waals surface area (Å²) < 4.78 is 10.8. The van der Waals surface area contributed by atoms with Crippen molar-refractivity contribution in [1.29, 1.82) is 0 Å². The van der Waals surface area contributed by atoms with Gasteiger partial charge in [-0.1, -0.05) is 12.1 Å². The summed E-state index contributed by atoms with van der Waals surface area (Å²) in [6.07, 6.45) is 0. The lowest BCUT2D eigenvalue weighted by Gasteiger charge is -2.09. The number of benzene rings is 2. The molecule has 0 amide bonds. The van der Waals surface area contributed by atoms with E-state index in [2.05, 4.69) is 0 Å². The minimum absolute atomic E-state index is 0.0641. The summed E-state index contributed by atoms with van der Waals surface area (Å²) in [5.74, 6) is 0.0476. The van der Waals surface area contributed by atoms with Gasteiger partial charge < -0.3 is 19.4 Å². The minimum atomic E-state index is -0.254. The van der Waals surface area contributed by atoms with E-state index in [1.165, 1.54) is 26.2 Å². The Morgan fingerprint density at radius 2 is 2.00 bits per heavy atom. The molecule has 0 atom stereocenters. The summed E-state index contributed by atoms with van der Waals surface area (Å²) in [5, 5.41) is 21.4. The second-order valence-corrected chi connectivity index (χ2v) is 4.49. The molecule has 0 spiro atoms. The van der Waals surface area contributed by atoms with Crippen molar-refractivity contribution in [2.24, 2.45) is 0 Å². The number of hydrogen-bond acceptors (Lipinski definition) is 5. The maximum Gasteiger partial charge on any atom is 0.194 e. The molecule has 1 aromatic heterocycles. The largest absolute Gasteiger partial charge is 0.507 e. The SMILES string of the molecule is COc1c2cccc(O)c2c(O)c2cc(C(C)=O)oc12. The maximum atomic E-state index is 11.4. The van der Waals surface area contributed by atoms with Crippen LogP contribution in [0.5, 0.6) is 17.2 Å². The Balaban J connectivity index is 2.58.